The van der Waals surface area contributed by atoms with E-state index < -0.39 is 0 Å². The van der Waals surface area contributed by atoms with E-state index in [9.17, 15) is 0 Å². The van der Waals surface area contributed by atoms with Gasteiger partial charge in [-0.15, -0.1) is 0 Å². The minimum absolute atomic E-state index is 0.836. The predicted octanol–water partition coefficient (Wildman–Crippen LogP) is 4.73. The van der Waals surface area contributed by atoms with Gasteiger partial charge in [0.2, 0.25) is 0 Å². The number of benzene rings is 1. The van der Waals surface area contributed by atoms with Crippen LogP contribution in [-0.2, 0) is 32.7 Å². The van der Waals surface area contributed by atoms with Crippen molar-refractivity contribution >= 4 is 5.57 Å². The Morgan fingerprint density at radius 1 is 1.08 bits per heavy atom. The maximum Gasteiger partial charge on any atom is 0.0951 e. The Balaban J connectivity index is 1.62. The molecule has 0 unspecified atom stereocenters. The average molecular weight is 345 g/mol. The van der Waals surface area contributed by atoms with Gasteiger partial charge >= 0.3 is 0 Å². The molecule has 0 amide bonds. The second-order valence-corrected chi connectivity index (χ2v) is 6.98. The van der Waals surface area contributed by atoms with E-state index in [0.29, 0.717) is 0 Å². The summed E-state index contributed by atoms with van der Waals surface area (Å²) in [6, 6.07) is 11.1. The smallest absolute Gasteiger partial charge is 0.0951 e. The standard InChI is InChI=1S/C23H27N3/c1-5-19-7-10-22(24-14-19)11-8-20-6-9-21(17(2)12-20)13-18(3)23-15-26(4)16-25-23/h6-7,9-10,12,14-16H,3,5,8,11,13H2,1-2,4H3. The van der Waals surface area contributed by atoms with Gasteiger partial charge in [-0.3, -0.25) is 4.98 Å². The highest BCUT2D eigenvalue weighted by Crippen LogP contribution is 2.20. The zero-order valence-electron chi connectivity index (χ0n) is 16.0. The molecule has 3 rings (SSSR count). The second kappa shape index (κ2) is 8.13. The van der Waals surface area contributed by atoms with E-state index in [4.69, 9.17) is 0 Å². The number of rotatable bonds is 7. The van der Waals surface area contributed by atoms with Crippen LogP contribution >= 0.6 is 0 Å². The van der Waals surface area contributed by atoms with E-state index in [1.54, 1.807) is 0 Å². The Bertz CT molecular complexity index is 888. The van der Waals surface area contributed by atoms with Crippen LogP contribution in [0.4, 0.5) is 0 Å². The summed E-state index contributed by atoms with van der Waals surface area (Å²) >= 11 is 0. The molecule has 0 saturated heterocycles. The molecule has 2 aromatic heterocycles. The summed E-state index contributed by atoms with van der Waals surface area (Å²) in [5, 5.41) is 0. The molecule has 3 heteroatoms. The van der Waals surface area contributed by atoms with E-state index in [-0.39, 0.29) is 0 Å². The molecule has 0 aliphatic carbocycles. The van der Waals surface area contributed by atoms with Crippen LogP contribution in [0, 0.1) is 6.92 Å². The van der Waals surface area contributed by atoms with Crippen molar-refractivity contribution in [1.29, 1.82) is 0 Å². The predicted molar refractivity (Wildman–Crippen MR) is 108 cm³/mol. The van der Waals surface area contributed by atoms with Crippen LogP contribution in [-0.4, -0.2) is 14.5 Å². The number of imidazole rings is 1. The highest BCUT2D eigenvalue weighted by atomic mass is 15.0. The molecule has 26 heavy (non-hydrogen) atoms. The first-order valence-electron chi connectivity index (χ1n) is 9.23. The summed E-state index contributed by atoms with van der Waals surface area (Å²) in [6.45, 7) is 8.54. The number of hydrogen-bond donors (Lipinski definition) is 0. The molecule has 2 heterocycles. The zero-order chi connectivity index (χ0) is 18.5. The SMILES string of the molecule is C=C(Cc1ccc(CCc2ccc(CC)cn2)cc1C)c1cn(C)cn1. The fraction of sp³-hybridized carbons (Fsp3) is 0.304. The molecule has 0 aliphatic rings. The molecule has 134 valence electrons. The Morgan fingerprint density at radius 3 is 2.50 bits per heavy atom. The summed E-state index contributed by atoms with van der Waals surface area (Å²) in [5.74, 6) is 0. The lowest BCUT2D eigenvalue weighted by atomic mass is 9.96. The first kappa shape index (κ1) is 18.1. The normalized spacial score (nSPS) is 10.9. The summed E-state index contributed by atoms with van der Waals surface area (Å²) in [4.78, 5) is 8.95. The van der Waals surface area contributed by atoms with E-state index in [0.717, 1.165) is 42.6 Å². The molecule has 0 N–H and O–H groups in total. The molecular weight excluding hydrogens is 318 g/mol. The molecule has 0 aliphatic heterocycles. The van der Waals surface area contributed by atoms with Crippen LogP contribution < -0.4 is 0 Å². The van der Waals surface area contributed by atoms with Crippen molar-refractivity contribution in [2.75, 3.05) is 0 Å². The molecule has 0 fully saturated rings. The number of nitrogens with zero attached hydrogens (tertiary/aromatic N) is 3. The third-order valence-corrected chi connectivity index (χ3v) is 4.84. The van der Waals surface area contributed by atoms with Gasteiger partial charge in [0.05, 0.1) is 12.0 Å². The molecule has 0 saturated carbocycles. The summed E-state index contributed by atoms with van der Waals surface area (Å²) in [5.41, 5.74) is 8.47. The van der Waals surface area contributed by atoms with Gasteiger partial charge in [0.15, 0.2) is 0 Å². The van der Waals surface area contributed by atoms with Crippen molar-refractivity contribution in [3.05, 3.63) is 89.3 Å². The third kappa shape index (κ3) is 4.48. The Hall–Kier alpha value is -2.68. The number of aryl methyl sites for hydroxylation is 5. The highest BCUT2D eigenvalue weighted by molar-refractivity contribution is 5.62. The maximum atomic E-state index is 4.56. The Labute approximate surface area is 156 Å². The topological polar surface area (TPSA) is 30.7 Å². The lowest BCUT2D eigenvalue weighted by Crippen LogP contribution is -1.98. The van der Waals surface area contributed by atoms with Crippen LogP contribution in [0.1, 0.15) is 40.6 Å². The third-order valence-electron chi connectivity index (χ3n) is 4.84. The first-order valence-corrected chi connectivity index (χ1v) is 9.23. The molecule has 3 aromatic rings. The van der Waals surface area contributed by atoms with Crippen LogP contribution in [0.3, 0.4) is 0 Å². The monoisotopic (exact) mass is 345 g/mol. The van der Waals surface area contributed by atoms with E-state index in [1.165, 1.54) is 22.3 Å². The van der Waals surface area contributed by atoms with Gasteiger partial charge < -0.3 is 4.57 Å². The van der Waals surface area contributed by atoms with Crippen molar-refractivity contribution in [3.8, 4) is 0 Å². The van der Waals surface area contributed by atoms with Gasteiger partial charge in [0.1, 0.15) is 0 Å². The molecule has 0 bridgehead atoms. The van der Waals surface area contributed by atoms with E-state index >= 15 is 0 Å². The van der Waals surface area contributed by atoms with Crippen LogP contribution in [0.15, 0.2) is 55.6 Å². The van der Waals surface area contributed by atoms with Crippen molar-refractivity contribution < 1.29 is 0 Å². The minimum Gasteiger partial charge on any atom is -0.340 e. The zero-order valence-corrected chi connectivity index (χ0v) is 16.0. The summed E-state index contributed by atoms with van der Waals surface area (Å²) in [6.07, 6.45) is 9.69. The summed E-state index contributed by atoms with van der Waals surface area (Å²) in [7, 11) is 1.98. The van der Waals surface area contributed by atoms with Gasteiger partial charge in [-0.25, -0.2) is 4.98 Å². The van der Waals surface area contributed by atoms with Gasteiger partial charge in [0.25, 0.3) is 0 Å². The fourth-order valence-electron chi connectivity index (χ4n) is 3.11. The van der Waals surface area contributed by atoms with E-state index in [1.807, 2.05) is 30.3 Å². The molecular formula is C23H27N3. The van der Waals surface area contributed by atoms with Gasteiger partial charge in [-0.1, -0.05) is 37.8 Å². The van der Waals surface area contributed by atoms with Crippen molar-refractivity contribution in [1.82, 2.24) is 14.5 Å². The lowest BCUT2D eigenvalue weighted by molar-refractivity contribution is 0.903. The maximum absolute atomic E-state index is 4.56. The molecule has 0 spiro atoms. The fourth-order valence-corrected chi connectivity index (χ4v) is 3.11. The van der Waals surface area contributed by atoms with Crippen molar-refractivity contribution in [2.45, 2.75) is 39.5 Å². The molecule has 3 nitrogen and oxygen atoms in total. The molecule has 0 atom stereocenters. The average Bonchev–Trinajstić information content (AvgIpc) is 3.09. The Morgan fingerprint density at radius 2 is 1.88 bits per heavy atom. The van der Waals surface area contributed by atoms with Gasteiger partial charge in [-0.2, -0.15) is 0 Å². The second-order valence-electron chi connectivity index (χ2n) is 6.98. The van der Waals surface area contributed by atoms with E-state index in [2.05, 4.69) is 60.7 Å². The summed E-state index contributed by atoms with van der Waals surface area (Å²) < 4.78 is 1.96. The van der Waals surface area contributed by atoms with Crippen molar-refractivity contribution in [3.63, 3.8) is 0 Å². The number of allylic oxidation sites excluding steroid dienone is 1. The lowest BCUT2D eigenvalue weighted by Gasteiger charge is -2.10. The Kier molecular flexibility index (Phi) is 5.67. The number of aromatic nitrogens is 3. The number of hydrogen-bond acceptors (Lipinski definition) is 2. The quantitative estimate of drug-likeness (QED) is 0.620. The van der Waals surface area contributed by atoms with Crippen LogP contribution in [0.5, 0.6) is 0 Å². The van der Waals surface area contributed by atoms with Crippen LogP contribution in [0.2, 0.25) is 0 Å². The highest BCUT2D eigenvalue weighted by Gasteiger charge is 2.07. The first-order chi connectivity index (χ1) is 12.5. The molecule has 1 aromatic carbocycles. The van der Waals surface area contributed by atoms with Crippen LogP contribution in [0.25, 0.3) is 5.57 Å². The molecule has 0 radical (unpaired) electrons. The van der Waals surface area contributed by atoms with Gasteiger partial charge in [0, 0.05) is 25.1 Å². The van der Waals surface area contributed by atoms with Crippen molar-refractivity contribution in [2.24, 2.45) is 7.05 Å². The minimum atomic E-state index is 0.836. The largest absolute Gasteiger partial charge is 0.340 e. The number of pyridine rings is 1. The van der Waals surface area contributed by atoms with Gasteiger partial charge in [-0.05, 0) is 66.5 Å².